The average molecular weight is 341 g/mol. The molecule has 0 bridgehead atoms. The van der Waals surface area contributed by atoms with Crippen LogP contribution in [0.25, 0.3) is 11.3 Å². The van der Waals surface area contributed by atoms with Crippen LogP contribution in [0.2, 0.25) is 0 Å². The monoisotopic (exact) mass is 341 g/mol. The van der Waals surface area contributed by atoms with Crippen molar-refractivity contribution in [2.75, 3.05) is 26.3 Å². The summed E-state index contributed by atoms with van der Waals surface area (Å²) >= 11 is 0. The molecule has 132 valence electrons. The van der Waals surface area contributed by atoms with E-state index in [9.17, 15) is 4.79 Å². The van der Waals surface area contributed by atoms with Gasteiger partial charge >= 0.3 is 0 Å². The Balaban J connectivity index is 1.52. The molecule has 2 aromatic rings. The standard InChI is InChI=1S/C19H23N3O3/c1-12(2)10-22-11-14(8-18(22)23)19-20-9-15(21-19)13-3-4-16-17(7-13)25-6-5-24-16/h3-4,7,9,12,14H,5-6,8,10-11H2,1-2H3,(H,20,21). The van der Waals surface area contributed by atoms with Gasteiger partial charge in [0.15, 0.2) is 11.5 Å². The molecule has 0 saturated carbocycles. The van der Waals surface area contributed by atoms with Gasteiger partial charge in [0.05, 0.1) is 11.9 Å². The van der Waals surface area contributed by atoms with Crippen molar-refractivity contribution in [1.29, 1.82) is 0 Å². The second kappa shape index (κ2) is 6.43. The molecular weight excluding hydrogens is 318 g/mol. The number of rotatable bonds is 4. The third-order valence-electron chi connectivity index (χ3n) is 4.64. The Morgan fingerprint density at radius 3 is 2.88 bits per heavy atom. The number of nitrogens with one attached hydrogen (secondary N) is 1. The molecule has 0 aliphatic carbocycles. The van der Waals surface area contributed by atoms with Crippen molar-refractivity contribution in [2.24, 2.45) is 5.92 Å². The average Bonchev–Trinajstić information content (AvgIpc) is 3.22. The Morgan fingerprint density at radius 2 is 2.08 bits per heavy atom. The molecule has 0 spiro atoms. The van der Waals surface area contributed by atoms with Gasteiger partial charge in [0, 0.05) is 31.0 Å². The summed E-state index contributed by atoms with van der Waals surface area (Å²) < 4.78 is 11.2. The second-order valence-corrected chi connectivity index (χ2v) is 7.13. The number of benzene rings is 1. The molecule has 2 aliphatic heterocycles. The van der Waals surface area contributed by atoms with E-state index in [1.165, 1.54) is 0 Å². The van der Waals surface area contributed by atoms with Gasteiger partial charge in [0.1, 0.15) is 19.0 Å². The van der Waals surface area contributed by atoms with Crippen LogP contribution in [0.5, 0.6) is 11.5 Å². The lowest BCUT2D eigenvalue weighted by Crippen LogP contribution is -2.29. The topological polar surface area (TPSA) is 67.5 Å². The van der Waals surface area contributed by atoms with E-state index in [-0.39, 0.29) is 11.8 Å². The highest BCUT2D eigenvalue weighted by atomic mass is 16.6. The maximum absolute atomic E-state index is 12.2. The maximum atomic E-state index is 12.2. The third-order valence-corrected chi connectivity index (χ3v) is 4.64. The van der Waals surface area contributed by atoms with E-state index in [1.54, 1.807) is 0 Å². The number of imidazole rings is 1. The third kappa shape index (κ3) is 3.21. The molecule has 6 heteroatoms. The van der Waals surface area contributed by atoms with E-state index < -0.39 is 0 Å². The smallest absolute Gasteiger partial charge is 0.223 e. The molecule has 3 heterocycles. The van der Waals surface area contributed by atoms with Gasteiger partial charge in [-0.2, -0.15) is 0 Å². The van der Waals surface area contributed by atoms with Crippen LogP contribution in [0.3, 0.4) is 0 Å². The molecule has 6 nitrogen and oxygen atoms in total. The van der Waals surface area contributed by atoms with Crippen LogP contribution in [-0.4, -0.2) is 47.1 Å². The molecule has 1 aromatic heterocycles. The van der Waals surface area contributed by atoms with Crippen molar-refractivity contribution in [3.63, 3.8) is 0 Å². The van der Waals surface area contributed by atoms with Crippen molar-refractivity contribution in [3.8, 4) is 22.8 Å². The van der Waals surface area contributed by atoms with Crippen molar-refractivity contribution in [3.05, 3.63) is 30.2 Å². The number of carbonyl (C=O) groups excluding carboxylic acids is 1. The Morgan fingerprint density at radius 1 is 1.28 bits per heavy atom. The van der Waals surface area contributed by atoms with Crippen LogP contribution in [0.15, 0.2) is 24.4 Å². The number of H-pyrrole nitrogens is 1. The van der Waals surface area contributed by atoms with Crippen LogP contribution >= 0.6 is 0 Å². The van der Waals surface area contributed by atoms with E-state index in [2.05, 4.69) is 23.8 Å². The van der Waals surface area contributed by atoms with Gasteiger partial charge in [-0.15, -0.1) is 0 Å². The number of fused-ring (bicyclic) bond motifs is 1. The summed E-state index contributed by atoms with van der Waals surface area (Å²) in [7, 11) is 0. The highest BCUT2D eigenvalue weighted by Gasteiger charge is 2.32. The summed E-state index contributed by atoms with van der Waals surface area (Å²) in [5.41, 5.74) is 1.94. The quantitative estimate of drug-likeness (QED) is 0.928. The van der Waals surface area contributed by atoms with Gasteiger partial charge in [0.25, 0.3) is 0 Å². The maximum Gasteiger partial charge on any atom is 0.223 e. The minimum absolute atomic E-state index is 0.136. The first kappa shape index (κ1) is 16.0. The number of likely N-dealkylation sites (tertiary alicyclic amines) is 1. The summed E-state index contributed by atoms with van der Waals surface area (Å²) in [5, 5.41) is 0. The Labute approximate surface area is 147 Å². The van der Waals surface area contributed by atoms with E-state index in [1.807, 2.05) is 29.3 Å². The van der Waals surface area contributed by atoms with Crippen LogP contribution in [0, 0.1) is 5.92 Å². The number of hydrogen-bond donors (Lipinski definition) is 1. The zero-order valence-corrected chi connectivity index (χ0v) is 14.6. The molecule has 1 saturated heterocycles. The first-order valence-electron chi connectivity index (χ1n) is 8.83. The number of aromatic nitrogens is 2. The molecule has 1 unspecified atom stereocenters. The van der Waals surface area contributed by atoms with Gasteiger partial charge in [-0.25, -0.2) is 4.98 Å². The van der Waals surface area contributed by atoms with Crippen LogP contribution in [-0.2, 0) is 4.79 Å². The summed E-state index contributed by atoms with van der Waals surface area (Å²) in [4.78, 5) is 22.0. The molecule has 0 radical (unpaired) electrons. The van der Waals surface area contributed by atoms with Gasteiger partial charge in [-0.3, -0.25) is 4.79 Å². The normalized spacial score (nSPS) is 19.7. The highest BCUT2D eigenvalue weighted by molar-refractivity contribution is 5.79. The zero-order chi connectivity index (χ0) is 17.4. The van der Waals surface area contributed by atoms with Gasteiger partial charge in [-0.05, 0) is 24.1 Å². The van der Waals surface area contributed by atoms with Gasteiger partial charge in [0.2, 0.25) is 5.91 Å². The molecule has 1 fully saturated rings. The summed E-state index contributed by atoms with van der Waals surface area (Å²) in [6, 6.07) is 5.89. The molecule has 1 aromatic carbocycles. The minimum atomic E-state index is 0.136. The SMILES string of the molecule is CC(C)CN1CC(c2ncc(-c3ccc4c(c3)OCCO4)[nH]2)CC1=O. The number of carbonyl (C=O) groups is 1. The van der Waals surface area contributed by atoms with E-state index in [0.29, 0.717) is 25.6 Å². The molecule has 25 heavy (non-hydrogen) atoms. The Kier molecular flexibility index (Phi) is 4.11. The molecule has 2 aliphatic rings. The molecule has 1 amide bonds. The lowest BCUT2D eigenvalue weighted by atomic mass is 10.1. The zero-order valence-electron chi connectivity index (χ0n) is 14.6. The predicted octanol–water partition coefficient (Wildman–Crippen LogP) is 2.82. The molecule has 1 atom stereocenters. The first-order chi connectivity index (χ1) is 12.1. The van der Waals surface area contributed by atoms with Gasteiger partial charge in [-0.1, -0.05) is 13.8 Å². The fourth-order valence-corrected chi connectivity index (χ4v) is 3.47. The van der Waals surface area contributed by atoms with Crippen LogP contribution < -0.4 is 9.47 Å². The predicted molar refractivity (Wildman–Crippen MR) is 93.8 cm³/mol. The fourth-order valence-electron chi connectivity index (χ4n) is 3.47. The number of ether oxygens (including phenoxy) is 2. The lowest BCUT2D eigenvalue weighted by Gasteiger charge is -2.18. The highest BCUT2D eigenvalue weighted by Crippen LogP contribution is 2.35. The lowest BCUT2D eigenvalue weighted by molar-refractivity contribution is -0.128. The summed E-state index contributed by atoms with van der Waals surface area (Å²) in [5.74, 6) is 3.25. The number of hydrogen-bond acceptors (Lipinski definition) is 4. The van der Waals surface area contributed by atoms with Crippen molar-refractivity contribution >= 4 is 5.91 Å². The summed E-state index contributed by atoms with van der Waals surface area (Å²) in [6.07, 6.45) is 2.36. The molecule has 4 rings (SSSR count). The largest absolute Gasteiger partial charge is 0.486 e. The number of amides is 1. The van der Waals surface area contributed by atoms with E-state index in [0.717, 1.165) is 41.7 Å². The van der Waals surface area contributed by atoms with Crippen molar-refractivity contribution < 1.29 is 14.3 Å². The van der Waals surface area contributed by atoms with Crippen LogP contribution in [0.1, 0.15) is 32.0 Å². The Hall–Kier alpha value is -2.50. The second-order valence-electron chi connectivity index (χ2n) is 7.13. The molecular formula is C19H23N3O3. The van der Waals surface area contributed by atoms with Gasteiger partial charge < -0.3 is 19.4 Å². The minimum Gasteiger partial charge on any atom is -0.486 e. The van der Waals surface area contributed by atoms with Crippen LogP contribution in [0.4, 0.5) is 0 Å². The number of aromatic amines is 1. The molecule has 1 N–H and O–H groups in total. The first-order valence-corrected chi connectivity index (χ1v) is 8.83. The fraction of sp³-hybridized carbons (Fsp3) is 0.474. The Bertz CT molecular complexity index is 784. The van der Waals surface area contributed by atoms with E-state index >= 15 is 0 Å². The van der Waals surface area contributed by atoms with Crippen molar-refractivity contribution in [1.82, 2.24) is 14.9 Å². The van der Waals surface area contributed by atoms with E-state index in [4.69, 9.17) is 9.47 Å². The summed E-state index contributed by atoms with van der Waals surface area (Å²) in [6.45, 7) is 6.97. The number of nitrogens with zero attached hydrogens (tertiary/aromatic N) is 2. The van der Waals surface area contributed by atoms with Crippen molar-refractivity contribution in [2.45, 2.75) is 26.2 Å².